The Balaban J connectivity index is 0.0000312. The van der Waals surface area contributed by atoms with Crippen LogP contribution in [0.1, 0.15) is 373 Å². The first-order chi connectivity index (χ1) is 38.7. The third-order valence-corrected chi connectivity index (χ3v) is 16.8. The summed E-state index contributed by atoms with van der Waals surface area (Å²) in [5, 5.41) is 0. The molecule has 0 amide bonds. The molecule has 0 aliphatic heterocycles. The molecule has 0 N–H and O–H groups in total. The molecule has 0 aliphatic carbocycles. The van der Waals surface area contributed by atoms with Crippen LogP contribution in [0.4, 0.5) is 11.4 Å². The maximum Gasteiger partial charge on any atom is 0.0665 e. The zero-order valence-electron chi connectivity index (χ0n) is 53.3. The molecule has 2 nitrogen and oxygen atoms in total. The van der Waals surface area contributed by atoms with E-state index in [0.717, 1.165) is 56.3 Å². The minimum absolute atomic E-state index is 0. The van der Waals surface area contributed by atoms with Crippen LogP contribution in [0, 0.1) is 0 Å². The fourth-order valence-electron chi connectivity index (χ4n) is 11.5. The number of benzene rings is 2. The van der Waals surface area contributed by atoms with Crippen molar-refractivity contribution in [1.82, 2.24) is 0 Å². The standard InChI is InChI=1S/C76H132N2.Pd/c1-5-9-13-16-19-21-23-25-27-29-31-33-35-37-39-41-43-45-47-49-51-53-56-63-71-65-59-61-68-73(71)77-75(67-12-8-4)76(70-58-55-18-15-11-7-3)78-74-69-62-60-66-72(74)64-57-54-52-50-48-46-44-42-40-38-36-34-32-30-28-26-24-22-20-17-14-10-6-2;/h49-52,59-62,65-66,68-69H,5-48,53-58,63-64,67,70H2,1-4H3;/b51-49+,52-50+,77-75?,78-76?;. The van der Waals surface area contributed by atoms with E-state index in [0.29, 0.717) is 0 Å². The van der Waals surface area contributed by atoms with Crippen LogP contribution < -0.4 is 0 Å². The fourth-order valence-corrected chi connectivity index (χ4v) is 11.5. The van der Waals surface area contributed by atoms with Gasteiger partial charge in [-0.2, -0.15) is 0 Å². The monoisotopic (exact) mass is 1180 g/mol. The molecule has 3 heteroatoms. The van der Waals surface area contributed by atoms with Gasteiger partial charge in [-0.15, -0.1) is 0 Å². The molecule has 456 valence electrons. The van der Waals surface area contributed by atoms with Gasteiger partial charge in [0, 0.05) is 20.4 Å². The maximum absolute atomic E-state index is 5.60. The van der Waals surface area contributed by atoms with Crippen molar-refractivity contribution in [2.45, 2.75) is 374 Å². The maximum atomic E-state index is 5.60. The van der Waals surface area contributed by atoms with Crippen LogP contribution in [-0.2, 0) is 33.3 Å². The van der Waals surface area contributed by atoms with Crippen molar-refractivity contribution in [2.24, 2.45) is 9.98 Å². The summed E-state index contributed by atoms with van der Waals surface area (Å²) in [4.78, 5) is 11.2. The number of aryl methyl sites for hydroxylation is 2. The van der Waals surface area contributed by atoms with Gasteiger partial charge in [-0.05, 0) is 113 Å². The molecule has 0 aromatic heterocycles. The molecule has 0 saturated heterocycles. The Morgan fingerprint density at radius 2 is 0.494 bits per heavy atom. The number of nitrogens with zero attached hydrogens (tertiary/aromatic N) is 2. The van der Waals surface area contributed by atoms with E-state index in [1.54, 1.807) is 0 Å². The van der Waals surface area contributed by atoms with Gasteiger partial charge in [-0.3, -0.25) is 9.98 Å². The first-order valence-corrected chi connectivity index (χ1v) is 35.3. The topological polar surface area (TPSA) is 24.7 Å². The molecule has 0 bridgehead atoms. The summed E-state index contributed by atoms with van der Waals surface area (Å²) in [6, 6.07) is 18.0. The van der Waals surface area contributed by atoms with Gasteiger partial charge in [-0.1, -0.05) is 345 Å². The predicted molar refractivity (Wildman–Crippen MR) is 356 cm³/mol. The molecule has 2 rings (SSSR count). The third-order valence-electron chi connectivity index (χ3n) is 16.8. The van der Waals surface area contributed by atoms with Crippen molar-refractivity contribution >= 4 is 22.8 Å². The number of rotatable bonds is 59. The van der Waals surface area contributed by atoms with Crippen molar-refractivity contribution in [3.05, 3.63) is 84.0 Å². The van der Waals surface area contributed by atoms with Crippen LogP contribution in [-0.4, -0.2) is 11.4 Å². The van der Waals surface area contributed by atoms with Crippen LogP contribution >= 0.6 is 0 Å². The van der Waals surface area contributed by atoms with Gasteiger partial charge in [-0.25, -0.2) is 0 Å². The van der Waals surface area contributed by atoms with E-state index >= 15 is 0 Å². The molecule has 0 unspecified atom stereocenters. The number of unbranched alkanes of at least 4 members (excludes halogenated alkanes) is 44. The van der Waals surface area contributed by atoms with Crippen molar-refractivity contribution < 1.29 is 20.4 Å². The summed E-state index contributed by atoms with van der Waals surface area (Å²) in [7, 11) is 0. The average Bonchev–Trinajstić information content (AvgIpc) is 3.45. The molecule has 0 saturated carbocycles. The second-order valence-corrected chi connectivity index (χ2v) is 24.3. The average molecular weight is 1180 g/mol. The molecule has 0 radical (unpaired) electrons. The van der Waals surface area contributed by atoms with Crippen LogP contribution in [0.5, 0.6) is 0 Å². The minimum Gasteiger partial charge on any atom is -0.251 e. The van der Waals surface area contributed by atoms with Crippen LogP contribution in [0.25, 0.3) is 0 Å². The molecule has 2 aromatic rings. The first-order valence-electron chi connectivity index (χ1n) is 35.3. The fraction of sp³-hybridized carbons (Fsp3) is 0.763. The van der Waals surface area contributed by atoms with E-state index < -0.39 is 0 Å². The Kier molecular flexibility index (Phi) is 57.4. The first kappa shape index (κ1) is 74.9. The van der Waals surface area contributed by atoms with Crippen molar-refractivity contribution in [2.75, 3.05) is 0 Å². The largest absolute Gasteiger partial charge is 0.251 e. The number of para-hydroxylation sites is 2. The predicted octanol–water partition coefficient (Wildman–Crippen LogP) is 27.1. The van der Waals surface area contributed by atoms with Gasteiger partial charge in [0.1, 0.15) is 0 Å². The van der Waals surface area contributed by atoms with E-state index in [-0.39, 0.29) is 20.4 Å². The Morgan fingerprint density at radius 1 is 0.266 bits per heavy atom. The summed E-state index contributed by atoms with van der Waals surface area (Å²) < 4.78 is 0. The summed E-state index contributed by atoms with van der Waals surface area (Å²) in [5.41, 5.74) is 7.55. The Bertz CT molecular complexity index is 1690. The van der Waals surface area contributed by atoms with Crippen LogP contribution in [0.3, 0.4) is 0 Å². The Labute approximate surface area is 508 Å². The smallest absolute Gasteiger partial charge is 0.0665 e. The number of hydrogen-bond acceptors (Lipinski definition) is 2. The SMILES string of the molecule is CCCCCCCCCCCCCCCCCCCC/C=C/CCCc1ccccc1N=C(CCCC)C(CCCCCCCC)=Nc1ccccc1CCC/C=C/CCCCCCCCCCCCCCCCCCCC.[Pd]. The molecular weight excluding hydrogens is 1050 g/mol. The van der Waals surface area contributed by atoms with E-state index in [1.807, 2.05) is 0 Å². The van der Waals surface area contributed by atoms with Crippen molar-refractivity contribution in [3.8, 4) is 0 Å². The minimum atomic E-state index is 0. The van der Waals surface area contributed by atoms with Crippen molar-refractivity contribution in [3.63, 3.8) is 0 Å². The van der Waals surface area contributed by atoms with Gasteiger partial charge in [0.2, 0.25) is 0 Å². The molecule has 0 aliphatic rings. The van der Waals surface area contributed by atoms with Gasteiger partial charge in [0.05, 0.1) is 22.8 Å². The summed E-state index contributed by atoms with van der Waals surface area (Å²) in [6.45, 7) is 9.25. The van der Waals surface area contributed by atoms with E-state index in [9.17, 15) is 0 Å². The summed E-state index contributed by atoms with van der Waals surface area (Å²) in [5.74, 6) is 0. The van der Waals surface area contributed by atoms with E-state index in [4.69, 9.17) is 9.98 Å². The summed E-state index contributed by atoms with van der Waals surface area (Å²) in [6.07, 6.45) is 83.0. The van der Waals surface area contributed by atoms with Crippen LogP contribution in [0.15, 0.2) is 82.8 Å². The molecule has 79 heavy (non-hydrogen) atoms. The van der Waals surface area contributed by atoms with Crippen LogP contribution in [0.2, 0.25) is 0 Å². The number of aliphatic imine (C=N–C) groups is 2. The van der Waals surface area contributed by atoms with Gasteiger partial charge < -0.3 is 0 Å². The Morgan fingerprint density at radius 3 is 0.785 bits per heavy atom. The van der Waals surface area contributed by atoms with Gasteiger partial charge >= 0.3 is 0 Å². The molecule has 2 aromatic carbocycles. The quantitative estimate of drug-likeness (QED) is 0.0273. The third kappa shape index (κ3) is 47.0. The molecule has 0 heterocycles. The van der Waals surface area contributed by atoms with E-state index in [1.165, 1.54) is 324 Å². The Hall–Kier alpha value is -2.08. The molecule has 0 spiro atoms. The van der Waals surface area contributed by atoms with Crippen molar-refractivity contribution in [1.29, 1.82) is 0 Å². The summed E-state index contributed by atoms with van der Waals surface area (Å²) >= 11 is 0. The van der Waals surface area contributed by atoms with Gasteiger partial charge in [0.15, 0.2) is 0 Å². The molecular formula is C76H132N2Pd. The van der Waals surface area contributed by atoms with E-state index in [2.05, 4.69) is 101 Å². The number of allylic oxidation sites excluding steroid dienone is 4. The number of hydrogen-bond donors (Lipinski definition) is 0. The molecule has 0 atom stereocenters. The zero-order chi connectivity index (χ0) is 55.5. The second-order valence-electron chi connectivity index (χ2n) is 24.3. The second kappa shape index (κ2) is 60.5. The normalized spacial score (nSPS) is 12.2. The van der Waals surface area contributed by atoms with Gasteiger partial charge in [0.25, 0.3) is 0 Å². The zero-order valence-corrected chi connectivity index (χ0v) is 54.9. The molecule has 0 fully saturated rings.